The third-order valence-corrected chi connectivity index (χ3v) is 21.4. The van der Waals surface area contributed by atoms with Crippen molar-refractivity contribution >= 4 is 10.9 Å². The van der Waals surface area contributed by atoms with Crippen molar-refractivity contribution in [3.63, 3.8) is 0 Å². The number of benzene rings is 7. The van der Waals surface area contributed by atoms with Crippen molar-refractivity contribution in [3.05, 3.63) is 243 Å². The first-order chi connectivity index (χ1) is 56.6. The molecular weight excluding hydrogens is 1470 g/mol. The number of aryl methyl sites for hydroxylation is 4. The van der Waals surface area contributed by atoms with Crippen molar-refractivity contribution in [3.8, 4) is 46.8 Å². The molecule has 0 bridgehead atoms. The molecule has 13 rings (SSSR count). The van der Waals surface area contributed by atoms with E-state index in [4.69, 9.17) is 40.6 Å². The maximum atomic E-state index is 5.76. The Balaban J connectivity index is 0.000000449. The van der Waals surface area contributed by atoms with Crippen molar-refractivity contribution in [2.75, 3.05) is 52.7 Å². The van der Waals surface area contributed by atoms with E-state index in [0.717, 1.165) is 89.1 Å². The van der Waals surface area contributed by atoms with Gasteiger partial charge in [-0.3, -0.25) is 4.98 Å². The van der Waals surface area contributed by atoms with E-state index in [9.17, 15) is 0 Å². The topological polar surface area (TPSA) is 97.5 Å². The lowest BCUT2D eigenvalue weighted by Crippen LogP contribution is -2.35. The number of ether oxygens (including phenoxy) is 6. The summed E-state index contributed by atoms with van der Waals surface area (Å²) in [7, 11) is 0. The average Bonchev–Trinajstić information content (AvgIpc) is 1.15. The second-order valence-corrected chi connectivity index (χ2v) is 36.9. The van der Waals surface area contributed by atoms with Gasteiger partial charge in [0.2, 0.25) is 0 Å². The van der Waals surface area contributed by atoms with E-state index in [1.54, 1.807) is 0 Å². The van der Waals surface area contributed by atoms with Gasteiger partial charge < -0.3 is 39.1 Å². The van der Waals surface area contributed by atoms with Crippen LogP contribution in [0.3, 0.4) is 0 Å². The Bertz CT molecular complexity index is 4140. The van der Waals surface area contributed by atoms with Crippen LogP contribution in [-0.2, 0) is 12.8 Å². The molecule has 1 aliphatic carbocycles. The Labute approximate surface area is 735 Å². The Kier molecular flexibility index (Phi) is 52.5. The highest BCUT2D eigenvalue weighted by atomic mass is 16.6. The molecule has 7 aromatic carbocycles. The second-order valence-electron chi connectivity index (χ2n) is 36.9. The van der Waals surface area contributed by atoms with Gasteiger partial charge in [-0.25, -0.2) is 0 Å². The molecule has 0 atom stereocenters. The summed E-state index contributed by atoms with van der Waals surface area (Å²) in [6.45, 7) is 81.7. The fourth-order valence-electron chi connectivity index (χ4n) is 12.5. The minimum atomic E-state index is 0.412. The third kappa shape index (κ3) is 42.9. The molecule has 5 heterocycles. The summed E-state index contributed by atoms with van der Waals surface area (Å²) in [5.74, 6) is 16.5. The number of nitrogens with two attached hydrogens (primary N) is 1. The molecule has 1 saturated carbocycles. The van der Waals surface area contributed by atoms with Crippen molar-refractivity contribution in [2.45, 2.75) is 301 Å². The van der Waals surface area contributed by atoms with E-state index in [1.165, 1.54) is 129 Å². The van der Waals surface area contributed by atoms with Crippen LogP contribution in [0.2, 0.25) is 0 Å². The van der Waals surface area contributed by atoms with Crippen LogP contribution in [0.15, 0.2) is 176 Å². The van der Waals surface area contributed by atoms with Crippen LogP contribution >= 0.6 is 0 Å². The number of nitrogens with zero attached hydrogens (tertiary/aromatic N) is 2. The highest BCUT2D eigenvalue weighted by molar-refractivity contribution is 5.82. The summed E-state index contributed by atoms with van der Waals surface area (Å²) in [4.78, 5) is 6.88. The summed E-state index contributed by atoms with van der Waals surface area (Å²) in [5, 5.41) is 1.28. The van der Waals surface area contributed by atoms with Gasteiger partial charge in [-0.2, -0.15) is 0 Å². The molecule has 1 saturated heterocycles. The quantitative estimate of drug-likeness (QED) is 0.0795. The number of hydrogen-bond acceptors (Lipinski definition) is 9. The van der Waals surface area contributed by atoms with Crippen LogP contribution in [0.4, 0.5) is 0 Å². The second kappa shape index (κ2) is 58.5. The molecule has 2 fully saturated rings. The first-order valence-electron chi connectivity index (χ1n) is 45.6. The maximum Gasteiger partial charge on any atom is 0.164 e. The van der Waals surface area contributed by atoms with Gasteiger partial charge in [0.1, 0.15) is 37.9 Å². The molecule has 120 heavy (non-hydrogen) atoms. The number of pyridine rings is 1. The molecular formula is C111H169N3O6. The van der Waals surface area contributed by atoms with Crippen LogP contribution in [0.5, 0.6) is 34.5 Å². The van der Waals surface area contributed by atoms with Gasteiger partial charge in [0.25, 0.3) is 0 Å². The highest BCUT2D eigenvalue weighted by Gasteiger charge is 2.24. The van der Waals surface area contributed by atoms with E-state index in [2.05, 4.69) is 324 Å². The molecule has 4 aliphatic heterocycles. The maximum absolute atomic E-state index is 5.76. The van der Waals surface area contributed by atoms with Crippen molar-refractivity contribution in [1.82, 2.24) is 9.88 Å². The third-order valence-electron chi connectivity index (χ3n) is 21.4. The number of para-hydroxylation sites is 4. The van der Waals surface area contributed by atoms with Gasteiger partial charge in [-0.15, -0.1) is 12.3 Å². The average molecular weight is 1640 g/mol. The zero-order chi connectivity index (χ0) is 90.3. The van der Waals surface area contributed by atoms with Crippen LogP contribution in [0.25, 0.3) is 10.9 Å². The molecule has 2 N–H and O–H groups in total. The van der Waals surface area contributed by atoms with E-state index in [1.807, 2.05) is 71.1 Å². The fraction of sp³-hybridized carbons (Fsp3) is 0.541. The van der Waals surface area contributed by atoms with Gasteiger partial charge >= 0.3 is 0 Å². The minimum absolute atomic E-state index is 0.412. The molecule has 9 heteroatoms. The summed E-state index contributed by atoms with van der Waals surface area (Å²) in [6.07, 6.45) is 16.4. The number of hydrogen-bond donors (Lipinski definition) is 1. The first-order valence-corrected chi connectivity index (χ1v) is 45.6. The number of likely N-dealkylation sites (tertiary alicyclic amines) is 1. The van der Waals surface area contributed by atoms with Crippen LogP contribution in [0.1, 0.15) is 321 Å². The molecule has 0 spiro atoms. The number of aromatic nitrogens is 1. The normalized spacial score (nSPS) is 13.3. The summed E-state index contributed by atoms with van der Waals surface area (Å²) in [5.41, 5.74) is 24.9. The van der Waals surface area contributed by atoms with Gasteiger partial charge in [0, 0.05) is 41.2 Å². The molecule has 8 aromatic rings. The number of fused-ring (bicyclic) bond motifs is 4. The van der Waals surface area contributed by atoms with Crippen LogP contribution in [-0.4, -0.2) is 68.7 Å². The number of piperidine rings is 1. The minimum Gasteiger partial charge on any atom is -0.493 e. The largest absolute Gasteiger partial charge is 0.493 e. The SMILES string of the molecule is C#CC(C)C.C=C(C)C(C)C.C=C(N)C(C)C.CC(C)C1CC1.CC(C)COc1ccccc1C(C)C.CC(C)N1CCCCC1.CC(C)c1ccc2c(c1)OCCO2.CC(C)c1cccc2c1OCC2.CC(C)c1cccc2c1OCCO2.CC(C)c1ccnc2ccccc12.Cc1ccc(C(C)C)cc1C.Cc1cccc(C)c1CC(C)C. The molecule has 0 unspecified atom stereocenters. The summed E-state index contributed by atoms with van der Waals surface area (Å²) >= 11 is 0. The zero-order valence-corrected chi connectivity index (χ0v) is 81.5. The Morgan fingerprint density at radius 1 is 0.475 bits per heavy atom. The molecule has 664 valence electrons. The lowest BCUT2D eigenvalue weighted by atomic mass is 9.95. The summed E-state index contributed by atoms with van der Waals surface area (Å²) < 4.78 is 33.4. The van der Waals surface area contributed by atoms with E-state index < -0.39 is 0 Å². The molecule has 0 amide bonds. The number of rotatable bonds is 15. The van der Waals surface area contributed by atoms with Gasteiger partial charge in [0.05, 0.1) is 18.7 Å². The predicted molar refractivity (Wildman–Crippen MR) is 524 cm³/mol. The van der Waals surface area contributed by atoms with Crippen molar-refractivity contribution in [1.29, 1.82) is 0 Å². The lowest BCUT2D eigenvalue weighted by molar-refractivity contribution is 0.169. The lowest BCUT2D eigenvalue weighted by Gasteiger charge is -2.29. The molecule has 9 nitrogen and oxygen atoms in total. The van der Waals surface area contributed by atoms with Crippen LogP contribution < -0.4 is 34.2 Å². The zero-order valence-electron chi connectivity index (χ0n) is 81.5. The van der Waals surface area contributed by atoms with Crippen molar-refractivity contribution < 1.29 is 28.4 Å². The molecule has 5 aliphatic rings. The smallest absolute Gasteiger partial charge is 0.164 e. The van der Waals surface area contributed by atoms with Crippen molar-refractivity contribution in [2.24, 2.45) is 47.2 Å². The van der Waals surface area contributed by atoms with Crippen LogP contribution in [0, 0.1) is 81.5 Å². The van der Waals surface area contributed by atoms with Gasteiger partial charge in [0.15, 0.2) is 23.0 Å². The number of terminal acetylenes is 1. The van der Waals surface area contributed by atoms with E-state index in [0.29, 0.717) is 85.6 Å². The monoisotopic (exact) mass is 1640 g/mol. The standard InChI is InChI=1S/C13H20O.C12H13N.C12H18.2C11H14O2.C11H14O.C11H16.C8H17N.2C6H12.C5H11N.C5H8/c1-10(2)9-14-13-8-6-5-7-12(13)11(3)4;1-9(2)10-7-8-13-12-6-4-3-5-11(10)12;1-9(2)8-12-10(3)6-5-7-11(12)4;1-8(2)9-3-4-10-11(7-9)13-6-5-12-10;1-8(2)9-4-3-5-10-11(9)13-7-6-12-10;1-8(2)10-5-3-4-9-6-7-12-11(9)10;1-8(2)11-6-5-9(3)10(4)7-11;1-8(2)9-6-4-3-5-7-9;1-5(2)6-3-4-6;1-5(2)6(3)4;1-4(2)5(3)6;1-4-5(2)3/h5-8,10-11H,9H2,1-4H3;3-9H,1-2H3;5-7,9H,8H2,1-4H3;3-4,7-8H,5-6H2,1-2H3;3-5,8H,6-7H2,1-2H3;3-5,8H,6-7H2,1-2H3;5-8H,1-4H3;8H,3-7H2,1-2H3;5-6H,3-4H2,1-2H3;6H,1H2,2-4H3;4H,3,6H2,1-2H3;1,5H,2-3H3. The molecule has 1 aromatic heterocycles. The number of allylic oxidation sites excluding steroid dienone is 2. The summed E-state index contributed by atoms with van der Waals surface area (Å²) in [6, 6.07) is 51.3. The Morgan fingerprint density at radius 3 is 1.43 bits per heavy atom. The molecule has 0 radical (unpaired) electrons. The highest BCUT2D eigenvalue weighted by Crippen LogP contribution is 2.39. The Morgan fingerprint density at radius 2 is 0.950 bits per heavy atom. The fourth-order valence-corrected chi connectivity index (χ4v) is 12.5. The predicted octanol–water partition coefficient (Wildman–Crippen LogP) is 30.6. The van der Waals surface area contributed by atoms with Gasteiger partial charge in [-0.1, -0.05) is 301 Å². The van der Waals surface area contributed by atoms with E-state index in [-0.39, 0.29) is 0 Å². The van der Waals surface area contributed by atoms with E-state index >= 15 is 0 Å². The first kappa shape index (κ1) is 108. The Hall–Kier alpha value is -8.45. The van der Waals surface area contributed by atoms with Gasteiger partial charge in [-0.05, 0) is 262 Å².